The quantitative estimate of drug-likeness (QED) is 0.0747. The summed E-state index contributed by atoms with van der Waals surface area (Å²) in [5.41, 5.74) is -7.52. The Balaban J connectivity index is 1.19. The Morgan fingerprint density at radius 3 is 0.676 bits per heavy atom. The van der Waals surface area contributed by atoms with Crippen molar-refractivity contribution in [3.63, 3.8) is 0 Å². The number of phenols is 1. The van der Waals surface area contributed by atoms with Crippen LogP contribution in [0.5, 0.6) is 17.2 Å². The van der Waals surface area contributed by atoms with E-state index >= 15 is 70.2 Å². The standard InChI is InChI=1S/C76H86F16N8O11/c1-30-13-42-25-43(14-30)62(103)94-51-27-55(39(10)22-35(51)6)98-66(107)47-18-33(4)20-49-60(47)111-76(91,92)74(87,88)72(83,84)70(79,80)69(77,78)71(81,82)73(85,86)75(89,90)110-59-46(65(106)97-54-26-50(93-61(42)102)34(5)21-38(54)9)17-32(3)19-48(59)67(108)99-56-28-52(36(7)23-40(56)11)95-63(104)44-15-31(2)16-45(58(44)101)64(105)96-53-29-57(100-68(49)109)41(12)24-37(53)8/h13-20,25,34-41,50-57,101H,21-24,26-29H2,1-12H3,(H,93,102)(H,94,103)(H,95,104)(H,96,105)(H,97,106)(H,98,107)(H,99,108)(H,100,109). The van der Waals surface area contributed by atoms with Gasteiger partial charge in [-0.15, -0.1) is 0 Å². The number of rotatable bonds is 0. The molecular formula is C76H86F16N8O11. The number of hydrogen-bond donors (Lipinski definition) is 9. The number of carbonyl (C=O) groups excluding carboxylic acids is 8. The van der Waals surface area contributed by atoms with Gasteiger partial charge in [-0.05, 0) is 203 Å². The molecule has 4 aromatic rings. The lowest BCUT2D eigenvalue weighted by molar-refractivity contribution is -0.474. The molecule has 10 rings (SSSR count). The van der Waals surface area contributed by atoms with E-state index in [9.17, 15) is 43.5 Å². The van der Waals surface area contributed by atoms with Crippen LogP contribution in [0.3, 0.4) is 0 Å². The zero-order valence-electron chi connectivity index (χ0n) is 62.2. The van der Waals surface area contributed by atoms with E-state index in [1.807, 2.05) is 0 Å². The summed E-state index contributed by atoms with van der Waals surface area (Å²) in [5.74, 6) is -74.2. The van der Waals surface area contributed by atoms with E-state index in [0.29, 0.717) is 29.8 Å². The molecule has 19 nitrogen and oxygen atoms in total. The average Bonchev–Trinajstić information content (AvgIpc) is 0.692. The van der Waals surface area contributed by atoms with Crippen LogP contribution in [0.2, 0.25) is 0 Å². The van der Waals surface area contributed by atoms with Crippen molar-refractivity contribution < 1.29 is 123 Å². The number of carbonyl (C=O) groups is 8. The van der Waals surface area contributed by atoms with Gasteiger partial charge >= 0.3 is 47.8 Å². The molecule has 4 aliphatic carbocycles. The molecular weight excluding hydrogens is 1500 g/mol. The maximum atomic E-state index is 16.9. The Bertz CT molecular complexity index is 4110. The number of ether oxygens (including phenoxy) is 2. The Kier molecular flexibility index (Phi) is 22.9. The van der Waals surface area contributed by atoms with E-state index in [2.05, 4.69) is 52.0 Å². The minimum atomic E-state index is -9.11. The molecule has 0 saturated heterocycles. The van der Waals surface area contributed by atoms with Gasteiger partial charge in [0.05, 0.1) is 33.4 Å². The summed E-state index contributed by atoms with van der Waals surface area (Å²) in [6.07, 6.45) is -16.4. The molecule has 35 heteroatoms. The number of alkyl halides is 16. The molecule has 0 radical (unpaired) electrons. The largest absolute Gasteiger partial charge is 0.506 e. The van der Waals surface area contributed by atoms with Crippen LogP contribution in [0.4, 0.5) is 70.2 Å². The van der Waals surface area contributed by atoms with E-state index in [4.69, 9.17) is 0 Å². The number of halogens is 16. The summed E-state index contributed by atoms with van der Waals surface area (Å²) in [6.45, 7) is 17.7. The van der Waals surface area contributed by atoms with Crippen molar-refractivity contribution >= 4 is 47.3 Å². The molecule has 6 aliphatic rings. The van der Waals surface area contributed by atoms with Crippen LogP contribution in [-0.4, -0.2) is 148 Å². The molecule has 608 valence electrons. The van der Waals surface area contributed by atoms with E-state index < -0.39 is 241 Å². The van der Waals surface area contributed by atoms with Crippen LogP contribution in [0.1, 0.15) is 212 Å². The number of fused-ring (bicyclic) bond motifs is 21. The zero-order chi connectivity index (χ0) is 82.6. The maximum Gasteiger partial charge on any atom is 0.471 e. The number of benzene rings is 4. The number of amides is 8. The summed E-state index contributed by atoms with van der Waals surface area (Å²) in [5, 5.41) is 32.5. The highest BCUT2D eigenvalue weighted by atomic mass is 19.4. The average molecular weight is 1590 g/mol. The van der Waals surface area contributed by atoms with Crippen molar-refractivity contribution in [2.45, 2.75) is 231 Å². The van der Waals surface area contributed by atoms with E-state index in [1.54, 1.807) is 27.7 Å². The van der Waals surface area contributed by atoms with Gasteiger partial charge < -0.3 is 57.1 Å². The molecule has 9 N–H and O–H groups in total. The van der Waals surface area contributed by atoms with Crippen molar-refractivity contribution in [1.82, 2.24) is 42.5 Å². The highest BCUT2D eigenvalue weighted by Crippen LogP contribution is 2.64. The van der Waals surface area contributed by atoms with Gasteiger partial charge in [-0.2, -0.15) is 70.2 Å². The first kappa shape index (κ1) is 84.4. The monoisotopic (exact) mass is 1590 g/mol. The lowest BCUT2D eigenvalue weighted by atomic mass is 9.76. The summed E-state index contributed by atoms with van der Waals surface area (Å²) in [6, 6.07) is -0.838. The number of phenolic OH excluding ortho intramolecular Hbond substituents is 1. The molecule has 16 unspecified atom stereocenters. The molecule has 2 heterocycles. The first-order valence-corrected chi connectivity index (χ1v) is 36.3. The molecule has 4 fully saturated rings. The number of nitrogens with one attached hydrogen (secondary N) is 8. The van der Waals surface area contributed by atoms with Crippen molar-refractivity contribution in [2.75, 3.05) is 0 Å². The zero-order valence-corrected chi connectivity index (χ0v) is 62.2. The number of aromatic hydroxyl groups is 1. The van der Waals surface area contributed by atoms with E-state index in [0.717, 1.165) is 13.8 Å². The van der Waals surface area contributed by atoms with Gasteiger partial charge in [0.1, 0.15) is 5.75 Å². The first-order chi connectivity index (χ1) is 51.1. The van der Waals surface area contributed by atoms with Crippen LogP contribution >= 0.6 is 0 Å². The molecule has 0 aromatic heterocycles. The highest BCUT2D eigenvalue weighted by Gasteiger charge is 2.96. The normalized spacial score (nSPS) is 32.3. The molecule has 4 aromatic carbocycles. The van der Waals surface area contributed by atoms with Crippen LogP contribution in [0.25, 0.3) is 0 Å². The second kappa shape index (κ2) is 30.1. The Morgan fingerprint density at radius 2 is 0.450 bits per heavy atom. The van der Waals surface area contributed by atoms with Crippen molar-refractivity contribution in [1.29, 1.82) is 0 Å². The molecule has 16 atom stereocenters. The fraction of sp³-hybridized carbons (Fsp3) is 0.579. The maximum absolute atomic E-state index is 16.9. The van der Waals surface area contributed by atoms with Crippen molar-refractivity contribution in [3.8, 4) is 17.2 Å². The van der Waals surface area contributed by atoms with Gasteiger partial charge in [0.15, 0.2) is 11.5 Å². The molecule has 8 amide bonds. The van der Waals surface area contributed by atoms with Crippen LogP contribution < -0.4 is 52.0 Å². The minimum absolute atomic E-state index is 0.0361. The Hall–Kier alpha value is -9.08. The molecule has 14 bridgehead atoms. The lowest BCUT2D eigenvalue weighted by Gasteiger charge is -2.43. The Morgan fingerprint density at radius 1 is 0.270 bits per heavy atom. The number of hydrogen-bond acceptors (Lipinski definition) is 11. The minimum Gasteiger partial charge on any atom is -0.506 e. The van der Waals surface area contributed by atoms with Crippen molar-refractivity contribution in [2.24, 2.45) is 47.3 Å². The molecule has 4 saturated carbocycles. The fourth-order valence-electron chi connectivity index (χ4n) is 16.4. The second-order valence-electron chi connectivity index (χ2n) is 31.7. The third-order valence-corrected chi connectivity index (χ3v) is 23.0. The highest BCUT2D eigenvalue weighted by molar-refractivity contribution is 6.07. The van der Waals surface area contributed by atoms with Crippen molar-refractivity contribution in [3.05, 3.63) is 121 Å². The van der Waals surface area contributed by atoms with E-state index in [-0.39, 0.29) is 79.2 Å². The lowest BCUT2D eigenvalue weighted by Crippen LogP contribution is -2.75. The third-order valence-electron chi connectivity index (χ3n) is 23.0. The molecule has 2 aliphatic heterocycles. The van der Waals surface area contributed by atoms with Crippen LogP contribution in [0, 0.1) is 75.0 Å². The Labute approximate surface area is 627 Å². The van der Waals surface area contributed by atoms with Crippen LogP contribution in [0.15, 0.2) is 54.6 Å². The van der Waals surface area contributed by atoms with Gasteiger partial charge in [0.2, 0.25) is 0 Å². The summed E-state index contributed by atoms with van der Waals surface area (Å²) >= 11 is 0. The topological polar surface area (TPSA) is 271 Å². The predicted octanol–water partition coefficient (Wildman–Crippen LogP) is 13.6. The molecule has 0 spiro atoms. The van der Waals surface area contributed by atoms with Gasteiger partial charge in [0.25, 0.3) is 47.3 Å². The second-order valence-corrected chi connectivity index (χ2v) is 31.7. The molecule has 111 heavy (non-hydrogen) atoms. The number of aryl methyl sites for hydroxylation is 4. The summed E-state index contributed by atoms with van der Waals surface area (Å²) in [4.78, 5) is 117. The first-order valence-electron chi connectivity index (χ1n) is 36.3. The summed E-state index contributed by atoms with van der Waals surface area (Å²) in [7, 11) is 0. The van der Waals surface area contributed by atoms with E-state index in [1.165, 1.54) is 71.9 Å². The van der Waals surface area contributed by atoms with Gasteiger partial charge in [0, 0.05) is 59.5 Å². The van der Waals surface area contributed by atoms with Gasteiger partial charge in [-0.1, -0.05) is 55.4 Å². The third kappa shape index (κ3) is 15.6. The van der Waals surface area contributed by atoms with Gasteiger partial charge in [-0.25, -0.2) is 0 Å². The SMILES string of the molecule is Cc1cc2cc(c1)C(=O)NC1CC(NC(=O)c3cc(C)cc4c3OC(F)(F)C(F)(F)C(F)(F)C(F)(F)C(F)(F)C(F)(F)C(F)(F)C(F)(F)Oc3c(cc(C)cc3C(=O)NC3CC(NC(=O)c5cc(C)cc(c5O)C(=O)NC5CC(NC4=O)C(C)CC5C)C(C)CC3C)C(=O)NC3CC(NC2=O)C(C)CC3C)C(C)CC1C. The van der Waals surface area contributed by atoms with Crippen LogP contribution in [-0.2, 0) is 0 Å². The fourth-order valence-corrected chi connectivity index (χ4v) is 16.4. The van der Waals surface area contributed by atoms with Gasteiger partial charge in [-0.3, -0.25) is 38.4 Å². The predicted molar refractivity (Wildman–Crippen MR) is 367 cm³/mol. The summed E-state index contributed by atoms with van der Waals surface area (Å²) < 4.78 is 272. The smallest absolute Gasteiger partial charge is 0.471 e.